The molecule has 0 aromatic carbocycles. The van der Waals surface area contributed by atoms with Gasteiger partial charge < -0.3 is 10.8 Å². The summed E-state index contributed by atoms with van der Waals surface area (Å²) in [6, 6.07) is -0.792. The van der Waals surface area contributed by atoms with E-state index in [1.54, 1.807) is 7.05 Å². The van der Waals surface area contributed by atoms with E-state index in [1.807, 2.05) is 0 Å². The minimum Gasteiger partial charge on any atom is -0.480 e. The molecule has 7 nitrogen and oxygen atoms in total. The van der Waals surface area contributed by atoms with Gasteiger partial charge in [0.25, 0.3) is 0 Å². The van der Waals surface area contributed by atoms with E-state index >= 15 is 0 Å². The van der Waals surface area contributed by atoms with Crippen molar-refractivity contribution in [1.82, 2.24) is 5.01 Å². The molecule has 14 heavy (non-hydrogen) atoms. The fraction of sp³-hybridized carbons (Fsp3) is 0.857. The number of unbranched alkanes of at least 4 members (excludes halogenated alkanes) is 1. The van der Waals surface area contributed by atoms with Gasteiger partial charge in [0.1, 0.15) is 6.04 Å². The normalized spacial score (nSPS) is 11.6. The second-order valence-electron chi connectivity index (χ2n) is 3.00. The van der Waals surface area contributed by atoms with E-state index in [4.69, 9.17) is 16.4 Å². The Bertz CT molecular complexity index is 216. The summed E-state index contributed by atoms with van der Waals surface area (Å²) in [7, 11) is 1.66. The van der Waals surface area contributed by atoms with Gasteiger partial charge in [0.15, 0.2) is 0 Å². The molecule has 80 valence electrons. The summed E-state index contributed by atoms with van der Waals surface area (Å²) in [5, 5.41) is 13.3. The summed E-state index contributed by atoms with van der Waals surface area (Å²) >= 11 is 0. The van der Waals surface area contributed by atoms with Gasteiger partial charge in [0.05, 0.1) is 13.6 Å². The fourth-order valence-corrected chi connectivity index (χ4v) is 0.941. The van der Waals surface area contributed by atoms with E-state index in [2.05, 4.69) is 10.1 Å². The van der Waals surface area contributed by atoms with Crippen molar-refractivity contribution in [3.63, 3.8) is 0 Å². The number of carboxylic acids is 1. The third-order valence-electron chi connectivity index (χ3n) is 1.76. The highest BCUT2D eigenvalue weighted by Gasteiger charge is 2.10. The molecule has 0 aromatic heterocycles. The number of nitrogens with two attached hydrogens (primary N) is 1. The van der Waals surface area contributed by atoms with Gasteiger partial charge >= 0.3 is 5.97 Å². The van der Waals surface area contributed by atoms with Gasteiger partial charge in [-0.25, -0.2) is 0 Å². The zero-order valence-corrected chi connectivity index (χ0v) is 8.13. The first-order valence-corrected chi connectivity index (χ1v) is 4.32. The Labute approximate surface area is 82.1 Å². The Morgan fingerprint density at radius 2 is 2.36 bits per heavy atom. The summed E-state index contributed by atoms with van der Waals surface area (Å²) in [6.45, 7) is 0.608. The quantitative estimate of drug-likeness (QED) is 0.207. The van der Waals surface area contributed by atoms with Gasteiger partial charge in [0, 0.05) is 0 Å². The molecule has 0 fully saturated rings. The van der Waals surface area contributed by atoms with Gasteiger partial charge in [-0.2, -0.15) is 4.91 Å². The summed E-state index contributed by atoms with van der Waals surface area (Å²) < 4.78 is 0. The molecule has 0 radical (unpaired) electrons. The molecule has 7 heteroatoms. The number of hydrogen-bond acceptors (Lipinski definition) is 3. The van der Waals surface area contributed by atoms with Crippen LogP contribution >= 0.6 is 0 Å². The Balaban J connectivity index is 3.46. The van der Waals surface area contributed by atoms with Crippen molar-refractivity contribution >= 4 is 5.97 Å². The molecule has 0 spiro atoms. The average Bonchev–Trinajstić information content (AvgIpc) is 2.12. The Hall–Kier alpha value is -1.46. The van der Waals surface area contributed by atoms with E-state index in [9.17, 15) is 4.79 Å². The molecule has 0 aliphatic rings. The lowest BCUT2D eigenvalue weighted by molar-refractivity contribution is -0.138. The van der Waals surface area contributed by atoms with Crippen LogP contribution in [0.25, 0.3) is 10.4 Å². The Morgan fingerprint density at radius 3 is 2.86 bits per heavy atom. The topological polar surface area (TPSA) is 115 Å². The molecular weight excluding hydrogens is 186 g/mol. The van der Waals surface area contributed by atoms with E-state index in [-0.39, 0.29) is 0 Å². The highest BCUT2D eigenvalue weighted by Crippen LogP contribution is 2.00. The van der Waals surface area contributed by atoms with Gasteiger partial charge in [-0.15, -0.1) is 5.53 Å². The molecule has 0 amide bonds. The Morgan fingerprint density at radius 1 is 1.71 bits per heavy atom. The molecule has 3 N–H and O–H groups in total. The minimum absolute atomic E-state index is 0.444. The van der Waals surface area contributed by atoms with Crippen molar-refractivity contribution < 1.29 is 9.90 Å². The van der Waals surface area contributed by atoms with Crippen LogP contribution in [-0.2, 0) is 4.79 Å². The van der Waals surface area contributed by atoms with Crippen LogP contribution in [0.3, 0.4) is 0 Å². The summed E-state index contributed by atoms with van der Waals surface area (Å²) in [5.74, 6) is -0.978. The van der Waals surface area contributed by atoms with E-state index < -0.39 is 12.0 Å². The van der Waals surface area contributed by atoms with Crippen LogP contribution in [0.15, 0.2) is 5.22 Å². The number of aliphatic carboxylic acids is 1. The van der Waals surface area contributed by atoms with E-state index in [0.717, 1.165) is 6.42 Å². The number of rotatable bonds is 7. The van der Waals surface area contributed by atoms with Gasteiger partial charge in [-0.05, 0) is 24.5 Å². The molecule has 0 aromatic rings. The highest BCUT2D eigenvalue weighted by atomic mass is 16.4. The maximum Gasteiger partial charge on any atom is 0.320 e. The first kappa shape index (κ1) is 12.5. The summed E-state index contributed by atoms with van der Waals surface area (Å²) in [4.78, 5) is 12.9. The van der Waals surface area contributed by atoms with Crippen LogP contribution in [0, 0.1) is 0 Å². The first-order chi connectivity index (χ1) is 6.57. The third-order valence-corrected chi connectivity index (χ3v) is 1.76. The predicted octanol–water partition coefficient (Wildman–Crippen LogP) is 0.726. The number of nitrogens with zero attached hydrogens (tertiary/aromatic N) is 4. The zero-order chi connectivity index (χ0) is 11.0. The van der Waals surface area contributed by atoms with Crippen LogP contribution in [0.1, 0.15) is 19.3 Å². The molecule has 1 atom stereocenters. The Kier molecular flexibility index (Phi) is 6.26. The molecule has 0 saturated heterocycles. The fourth-order valence-electron chi connectivity index (χ4n) is 0.941. The SMILES string of the molecule is CN(CCCC[C@H](N)C(=O)O)N=[N+]=[N-]. The smallest absolute Gasteiger partial charge is 0.320 e. The maximum atomic E-state index is 10.3. The third kappa shape index (κ3) is 6.10. The maximum absolute atomic E-state index is 10.3. The molecule has 0 heterocycles. The number of hydrogen-bond donors (Lipinski definition) is 2. The van der Waals surface area contributed by atoms with Gasteiger partial charge in [0.2, 0.25) is 0 Å². The van der Waals surface area contributed by atoms with E-state index in [0.29, 0.717) is 19.4 Å². The predicted molar refractivity (Wildman–Crippen MR) is 51.2 cm³/mol. The molecule has 0 aliphatic carbocycles. The highest BCUT2D eigenvalue weighted by molar-refractivity contribution is 5.72. The van der Waals surface area contributed by atoms with E-state index in [1.165, 1.54) is 5.01 Å². The minimum atomic E-state index is -0.978. The van der Waals surface area contributed by atoms with Crippen LogP contribution in [0.2, 0.25) is 0 Å². The zero-order valence-electron chi connectivity index (χ0n) is 8.13. The standard InChI is InChI=1S/C7H15N5O2/c1-12(11-10-9)5-3-2-4-6(8)7(13)14/h6H,2-5,8H2,1H3,(H,13,14)/t6-/m0/s1. The van der Waals surface area contributed by atoms with Gasteiger partial charge in [-0.1, -0.05) is 0 Å². The molecule has 0 bridgehead atoms. The number of carboxylic acid groups (broad SMARTS) is 1. The van der Waals surface area contributed by atoms with Crippen molar-refractivity contribution in [3.05, 3.63) is 10.4 Å². The van der Waals surface area contributed by atoms with Crippen molar-refractivity contribution in [2.45, 2.75) is 25.3 Å². The lowest BCUT2D eigenvalue weighted by Gasteiger charge is -2.08. The number of carbonyl (C=O) groups is 1. The lowest BCUT2D eigenvalue weighted by atomic mass is 10.1. The van der Waals surface area contributed by atoms with Crippen molar-refractivity contribution in [2.24, 2.45) is 11.0 Å². The van der Waals surface area contributed by atoms with Crippen LogP contribution in [-0.4, -0.2) is 35.7 Å². The van der Waals surface area contributed by atoms with Crippen molar-refractivity contribution in [3.8, 4) is 0 Å². The second kappa shape index (κ2) is 6.99. The second-order valence-corrected chi connectivity index (χ2v) is 3.00. The molecule has 0 aliphatic heterocycles. The first-order valence-electron chi connectivity index (χ1n) is 4.32. The van der Waals surface area contributed by atoms with Crippen LogP contribution < -0.4 is 5.73 Å². The van der Waals surface area contributed by atoms with Crippen LogP contribution in [0.4, 0.5) is 0 Å². The van der Waals surface area contributed by atoms with Crippen LogP contribution in [0.5, 0.6) is 0 Å². The molecule has 0 saturated carbocycles. The lowest BCUT2D eigenvalue weighted by Crippen LogP contribution is -2.30. The summed E-state index contributed by atoms with van der Waals surface area (Å²) in [6.07, 6.45) is 1.91. The largest absolute Gasteiger partial charge is 0.480 e. The van der Waals surface area contributed by atoms with Gasteiger partial charge in [-0.3, -0.25) is 9.80 Å². The summed E-state index contributed by atoms with van der Waals surface area (Å²) in [5.41, 5.74) is 13.4. The monoisotopic (exact) mass is 201 g/mol. The molecule has 0 rings (SSSR count). The molecular formula is C7H15N5O2. The van der Waals surface area contributed by atoms with Crippen molar-refractivity contribution in [1.29, 1.82) is 0 Å². The van der Waals surface area contributed by atoms with Crippen molar-refractivity contribution in [2.75, 3.05) is 13.6 Å². The average molecular weight is 201 g/mol. The molecule has 0 unspecified atom stereocenters. The number of azide groups is 1.